The minimum atomic E-state index is -0.658. The number of nitrogens with one attached hydrogen (secondary N) is 1. The highest BCUT2D eigenvalue weighted by molar-refractivity contribution is 5.95. The van der Waals surface area contributed by atoms with Crippen molar-refractivity contribution in [3.8, 4) is 0 Å². The number of halogens is 2. The van der Waals surface area contributed by atoms with E-state index in [4.69, 9.17) is 11.1 Å². The van der Waals surface area contributed by atoms with E-state index in [-0.39, 0.29) is 17.1 Å². The summed E-state index contributed by atoms with van der Waals surface area (Å²) in [6.07, 6.45) is 0.865. The normalized spacial score (nSPS) is 17.3. The van der Waals surface area contributed by atoms with E-state index in [1.807, 2.05) is 7.05 Å². The average Bonchev–Trinajstić information content (AvgIpc) is 2.53. The second-order valence-corrected chi connectivity index (χ2v) is 4.85. The Bertz CT molecular complexity index is 467. The Morgan fingerprint density at radius 2 is 1.79 bits per heavy atom. The molecule has 0 aliphatic carbocycles. The van der Waals surface area contributed by atoms with E-state index in [0.29, 0.717) is 13.1 Å². The number of anilines is 1. The van der Waals surface area contributed by atoms with Crippen LogP contribution in [0.25, 0.3) is 0 Å². The molecule has 1 fully saturated rings. The highest BCUT2D eigenvalue weighted by Crippen LogP contribution is 2.25. The summed E-state index contributed by atoms with van der Waals surface area (Å²) in [7, 11) is 2.00. The van der Waals surface area contributed by atoms with E-state index in [0.717, 1.165) is 31.6 Å². The van der Waals surface area contributed by atoms with Gasteiger partial charge in [-0.2, -0.15) is 0 Å². The molecule has 0 aromatic heterocycles. The molecular formula is C13H18F2N4. The molecule has 6 heteroatoms. The number of nitrogen functional groups attached to an aromatic ring is 1. The molecule has 2 rings (SSSR count). The topological polar surface area (TPSA) is 56.4 Å². The van der Waals surface area contributed by atoms with Crippen LogP contribution < -0.4 is 10.6 Å². The Labute approximate surface area is 111 Å². The number of nitrogens with two attached hydrogens (primary N) is 1. The maximum absolute atomic E-state index is 14.0. The van der Waals surface area contributed by atoms with Gasteiger partial charge in [0.15, 0.2) is 0 Å². The van der Waals surface area contributed by atoms with Gasteiger partial charge in [-0.25, -0.2) is 8.78 Å². The summed E-state index contributed by atoms with van der Waals surface area (Å²) in [5.41, 5.74) is 5.31. The first kappa shape index (κ1) is 13.7. The third-order valence-corrected chi connectivity index (χ3v) is 3.36. The van der Waals surface area contributed by atoms with Crippen molar-refractivity contribution < 1.29 is 8.78 Å². The van der Waals surface area contributed by atoms with Gasteiger partial charge in [-0.3, -0.25) is 5.41 Å². The zero-order valence-corrected chi connectivity index (χ0v) is 10.9. The van der Waals surface area contributed by atoms with Gasteiger partial charge in [0.25, 0.3) is 0 Å². The van der Waals surface area contributed by atoms with Gasteiger partial charge in [-0.1, -0.05) is 0 Å². The fraction of sp³-hybridized carbons (Fsp3) is 0.462. The first-order valence-electron chi connectivity index (χ1n) is 6.26. The van der Waals surface area contributed by atoms with Crippen molar-refractivity contribution in [2.45, 2.75) is 6.42 Å². The summed E-state index contributed by atoms with van der Waals surface area (Å²) in [4.78, 5) is 3.86. The molecule has 3 N–H and O–H groups in total. The Morgan fingerprint density at radius 3 is 2.37 bits per heavy atom. The quantitative estimate of drug-likeness (QED) is 0.629. The summed E-state index contributed by atoms with van der Waals surface area (Å²) in [5, 5.41) is 7.23. The lowest BCUT2D eigenvalue weighted by atomic mass is 10.1. The molecule has 1 saturated heterocycles. The molecule has 1 heterocycles. The molecule has 0 amide bonds. The second kappa shape index (κ2) is 5.52. The molecule has 19 heavy (non-hydrogen) atoms. The number of nitrogens with zero attached hydrogens (tertiary/aromatic N) is 2. The summed E-state index contributed by atoms with van der Waals surface area (Å²) < 4.78 is 28.1. The summed E-state index contributed by atoms with van der Waals surface area (Å²) >= 11 is 0. The lowest BCUT2D eigenvalue weighted by Crippen LogP contribution is -2.30. The fourth-order valence-electron chi connectivity index (χ4n) is 2.29. The van der Waals surface area contributed by atoms with Crippen molar-refractivity contribution in [2.24, 2.45) is 5.73 Å². The molecule has 0 radical (unpaired) electrons. The summed E-state index contributed by atoms with van der Waals surface area (Å²) in [6, 6.07) is 2.24. The van der Waals surface area contributed by atoms with E-state index < -0.39 is 11.6 Å². The van der Waals surface area contributed by atoms with E-state index in [1.54, 1.807) is 4.90 Å². The smallest absolute Gasteiger partial charge is 0.150 e. The van der Waals surface area contributed by atoms with Crippen LogP contribution in [0.2, 0.25) is 0 Å². The number of hydrogen-bond acceptors (Lipinski definition) is 3. The Hall–Kier alpha value is -1.69. The largest absolute Gasteiger partial charge is 0.384 e. The van der Waals surface area contributed by atoms with Gasteiger partial charge in [0, 0.05) is 25.2 Å². The molecule has 0 bridgehead atoms. The highest BCUT2D eigenvalue weighted by atomic mass is 19.1. The van der Waals surface area contributed by atoms with Crippen LogP contribution in [-0.2, 0) is 0 Å². The number of benzene rings is 1. The zero-order valence-electron chi connectivity index (χ0n) is 10.9. The van der Waals surface area contributed by atoms with Crippen LogP contribution in [0.15, 0.2) is 12.1 Å². The molecule has 4 nitrogen and oxygen atoms in total. The maximum Gasteiger partial charge on any atom is 0.150 e. The average molecular weight is 268 g/mol. The molecule has 0 atom stereocenters. The number of amidine groups is 1. The van der Waals surface area contributed by atoms with Crippen LogP contribution in [-0.4, -0.2) is 44.0 Å². The predicted octanol–water partition coefficient (Wildman–Crippen LogP) is 1.39. The maximum atomic E-state index is 14.0. The van der Waals surface area contributed by atoms with Crippen molar-refractivity contribution in [1.29, 1.82) is 5.41 Å². The van der Waals surface area contributed by atoms with E-state index >= 15 is 0 Å². The summed E-state index contributed by atoms with van der Waals surface area (Å²) in [6.45, 7) is 2.90. The van der Waals surface area contributed by atoms with Gasteiger partial charge in [0.1, 0.15) is 23.2 Å². The molecule has 1 aliphatic rings. The van der Waals surface area contributed by atoms with Gasteiger partial charge in [0.05, 0.1) is 0 Å². The Kier molecular flexibility index (Phi) is 3.99. The van der Waals surface area contributed by atoms with E-state index in [2.05, 4.69) is 4.90 Å². The molecule has 1 aromatic carbocycles. The van der Waals surface area contributed by atoms with Gasteiger partial charge in [-0.05, 0) is 32.1 Å². The SMILES string of the molecule is CN1CCCN(c2c(F)cc(C(=N)N)cc2F)CC1. The van der Waals surface area contributed by atoms with Crippen molar-refractivity contribution in [2.75, 3.05) is 38.1 Å². The molecule has 104 valence electrons. The zero-order chi connectivity index (χ0) is 14.0. The molecule has 1 aliphatic heterocycles. The molecule has 0 saturated carbocycles. The number of hydrogen-bond donors (Lipinski definition) is 2. The van der Waals surface area contributed by atoms with Gasteiger partial charge in [-0.15, -0.1) is 0 Å². The van der Waals surface area contributed by atoms with E-state index in [1.165, 1.54) is 0 Å². The molecule has 1 aromatic rings. The molecule has 0 spiro atoms. The van der Waals surface area contributed by atoms with Gasteiger partial charge >= 0.3 is 0 Å². The Morgan fingerprint density at radius 1 is 1.16 bits per heavy atom. The second-order valence-electron chi connectivity index (χ2n) is 4.85. The van der Waals surface area contributed by atoms with Crippen LogP contribution in [0.5, 0.6) is 0 Å². The van der Waals surface area contributed by atoms with Crippen LogP contribution in [0.4, 0.5) is 14.5 Å². The van der Waals surface area contributed by atoms with Crippen molar-refractivity contribution in [1.82, 2.24) is 4.90 Å². The van der Waals surface area contributed by atoms with Crippen molar-refractivity contribution in [3.63, 3.8) is 0 Å². The third-order valence-electron chi connectivity index (χ3n) is 3.36. The van der Waals surface area contributed by atoms with Crippen LogP contribution in [0.1, 0.15) is 12.0 Å². The minimum absolute atomic E-state index is 0.0136. The monoisotopic (exact) mass is 268 g/mol. The lowest BCUT2D eigenvalue weighted by molar-refractivity contribution is 0.360. The third kappa shape index (κ3) is 3.01. The fourth-order valence-corrected chi connectivity index (χ4v) is 2.29. The number of rotatable bonds is 2. The first-order chi connectivity index (χ1) is 8.99. The predicted molar refractivity (Wildman–Crippen MR) is 71.7 cm³/mol. The molecular weight excluding hydrogens is 250 g/mol. The minimum Gasteiger partial charge on any atom is -0.384 e. The summed E-state index contributed by atoms with van der Waals surface area (Å²) in [5.74, 6) is -1.65. The van der Waals surface area contributed by atoms with Crippen LogP contribution >= 0.6 is 0 Å². The van der Waals surface area contributed by atoms with Crippen LogP contribution in [0, 0.1) is 17.0 Å². The highest BCUT2D eigenvalue weighted by Gasteiger charge is 2.20. The van der Waals surface area contributed by atoms with E-state index in [9.17, 15) is 8.78 Å². The van der Waals surface area contributed by atoms with Gasteiger partial charge in [0.2, 0.25) is 0 Å². The molecule has 0 unspecified atom stereocenters. The number of likely N-dealkylation sites (N-methyl/N-ethyl adjacent to an activating group) is 1. The standard InChI is InChI=1S/C13H18F2N4/c1-18-3-2-4-19(6-5-18)12-10(14)7-9(13(16)17)8-11(12)15/h7-8H,2-6H2,1H3,(H3,16,17). The van der Waals surface area contributed by atoms with Crippen molar-refractivity contribution >= 4 is 11.5 Å². The van der Waals surface area contributed by atoms with Gasteiger partial charge < -0.3 is 15.5 Å². The van der Waals surface area contributed by atoms with Crippen molar-refractivity contribution in [3.05, 3.63) is 29.3 Å². The van der Waals surface area contributed by atoms with Crippen LogP contribution in [0.3, 0.4) is 0 Å². The first-order valence-corrected chi connectivity index (χ1v) is 6.26. The Balaban J connectivity index is 2.31. The lowest BCUT2D eigenvalue weighted by Gasteiger charge is -2.24.